The lowest BCUT2D eigenvalue weighted by atomic mass is 10.2. The first-order chi connectivity index (χ1) is 15.2. The van der Waals surface area contributed by atoms with E-state index in [2.05, 4.69) is 27.2 Å². The average molecular weight is 434 g/mol. The monoisotopic (exact) mass is 433 g/mol. The van der Waals surface area contributed by atoms with Crippen LogP contribution in [0.2, 0.25) is 0 Å². The van der Waals surface area contributed by atoms with Crippen LogP contribution in [0.15, 0.2) is 59.1 Å². The lowest BCUT2D eigenvalue weighted by Gasteiger charge is -2.34. The first kappa shape index (κ1) is 19.8. The van der Waals surface area contributed by atoms with Crippen LogP contribution in [0.3, 0.4) is 0 Å². The van der Waals surface area contributed by atoms with Crippen LogP contribution >= 0.6 is 11.3 Å². The van der Waals surface area contributed by atoms with E-state index >= 15 is 0 Å². The van der Waals surface area contributed by atoms with Gasteiger partial charge in [0, 0.05) is 44.6 Å². The number of thiazole rings is 1. The number of rotatable bonds is 6. The average Bonchev–Trinajstić information content (AvgIpc) is 3.45. The second kappa shape index (κ2) is 8.95. The highest BCUT2D eigenvalue weighted by Gasteiger charge is 2.22. The smallest absolute Gasteiger partial charge is 0.227 e. The molecule has 0 radical (unpaired) electrons. The van der Waals surface area contributed by atoms with Gasteiger partial charge >= 0.3 is 0 Å². The van der Waals surface area contributed by atoms with E-state index in [9.17, 15) is 4.79 Å². The standard InChI is InChI=1S/C23H23N5O2S/c29-22(11-10-20-25-23(26-30-20)17-6-2-1-3-7-17)28-14-12-27(13-15-28)16-21-24-18-8-4-5-9-19(18)31-21/h1-9H,10-16H2. The maximum Gasteiger partial charge on any atom is 0.227 e. The van der Waals surface area contributed by atoms with Crippen molar-refractivity contribution in [3.8, 4) is 11.4 Å². The summed E-state index contributed by atoms with van der Waals surface area (Å²) >= 11 is 1.75. The van der Waals surface area contributed by atoms with Gasteiger partial charge in [0.05, 0.1) is 16.8 Å². The third kappa shape index (κ3) is 4.65. The summed E-state index contributed by atoms with van der Waals surface area (Å²) in [5, 5.41) is 5.15. The highest BCUT2D eigenvalue weighted by molar-refractivity contribution is 7.18. The van der Waals surface area contributed by atoms with Crippen LogP contribution in [0.1, 0.15) is 17.3 Å². The summed E-state index contributed by atoms with van der Waals surface area (Å²) in [4.78, 5) is 26.1. The van der Waals surface area contributed by atoms with Gasteiger partial charge in [-0.1, -0.05) is 47.6 Å². The van der Waals surface area contributed by atoms with E-state index in [1.54, 1.807) is 11.3 Å². The van der Waals surface area contributed by atoms with Gasteiger partial charge < -0.3 is 9.42 Å². The third-order valence-corrected chi connectivity index (χ3v) is 6.50. The van der Waals surface area contributed by atoms with Crippen LogP contribution in [0, 0.1) is 0 Å². The van der Waals surface area contributed by atoms with Crippen LogP contribution in [0.4, 0.5) is 0 Å². The molecule has 0 spiro atoms. The zero-order chi connectivity index (χ0) is 21.0. The Balaban J connectivity index is 1.10. The Morgan fingerprint density at radius 3 is 2.55 bits per heavy atom. The minimum atomic E-state index is 0.138. The number of aromatic nitrogens is 3. The van der Waals surface area contributed by atoms with E-state index in [0.29, 0.717) is 24.6 Å². The summed E-state index contributed by atoms with van der Waals surface area (Å²) in [5.74, 6) is 1.20. The molecule has 31 heavy (non-hydrogen) atoms. The molecule has 2 aromatic heterocycles. The summed E-state index contributed by atoms with van der Waals surface area (Å²) in [5.41, 5.74) is 1.97. The minimum Gasteiger partial charge on any atom is -0.340 e. The molecule has 0 bridgehead atoms. The Kier molecular flexibility index (Phi) is 5.73. The van der Waals surface area contributed by atoms with Crippen molar-refractivity contribution < 1.29 is 9.32 Å². The van der Waals surface area contributed by atoms with Gasteiger partial charge in [0.15, 0.2) is 0 Å². The topological polar surface area (TPSA) is 75.4 Å². The van der Waals surface area contributed by atoms with Crippen molar-refractivity contribution in [1.29, 1.82) is 0 Å². The second-order valence-corrected chi connectivity index (χ2v) is 8.73. The Morgan fingerprint density at radius 2 is 1.74 bits per heavy atom. The molecule has 0 aliphatic carbocycles. The van der Waals surface area contributed by atoms with Crippen molar-refractivity contribution in [1.82, 2.24) is 24.9 Å². The Labute approximate surface area is 184 Å². The fraction of sp³-hybridized carbons (Fsp3) is 0.304. The Hall–Kier alpha value is -3.10. The van der Waals surface area contributed by atoms with Gasteiger partial charge in [0.25, 0.3) is 0 Å². The number of para-hydroxylation sites is 1. The molecule has 0 unspecified atom stereocenters. The molecule has 1 fully saturated rings. The molecular formula is C23H23N5O2S. The first-order valence-corrected chi connectivity index (χ1v) is 11.3. The molecule has 1 amide bonds. The van der Waals surface area contributed by atoms with Crippen molar-refractivity contribution in [2.24, 2.45) is 0 Å². The Bertz CT molecular complexity index is 1130. The van der Waals surface area contributed by atoms with Gasteiger partial charge in [-0.3, -0.25) is 9.69 Å². The van der Waals surface area contributed by atoms with Gasteiger partial charge in [-0.15, -0.1) is 11.3 Å². The van der Waals surface area contributed by atoms with E-state index in [1.807, 2.05) is 47.4 Å². The van der Waals surface area contributed by atoms with Crippen molar-refractivity contribution in [3.05, 3.63) is 65.5 Å². The number of piperazine rings is 1. The molecule has 0 N–H and O–H groups in total. The number of fused-ring (bicyclic) bond motifs is 1. The predicted molar refractivity (Wildman–Crippen MR) is 120 cm³/mol. The molecule has 5 rings (SSSR count). The van der Waals surface area contributed by atoms with Crippen molar-refractivity contribution in [2.45, 2.75) is 19.4 Å². The number of carbonyl (C=O) groups is 1. The molecule has 2 aromatic carbocycles. The first-order valence-electron chi connectivity index (χ1n) is 10.5. The zero-order valence-electron chi connectivity index (χ0n) is 17.1. The highest BCUT2D eigenvalue weighted by Crippen LogP contribution is 2.23. The lowest BCUT2D eigenvalue weighted by Crippen LogP contribution is -2.48. The number of amides is 1. The van der Waals surface area contributed by atoms with E-state index in [-0.39, 0.29) is 5.91 Å². The fourth-order valence-corrected chi connectivity index (χ4v) is 4.78. The molecule has 158 valence electrons. The summed E-state index contributed by atoms with van der Waals surface area (Å²) in [7, 11) is 0. The zero-order valence-corrected chi connectivity index (χ0v) is 17.9. The maximum absolute atomic E-state index is 12.6. The van der Waals surface area contributed by atoms with Crippen LogP contribution in [-0.2, 0) is 17.8 Å². The third-order valence-electron chi connectivity index (χ3n) is 5.47. The predicted octanol–water partition coefficient (Wildman–Crippen LogP) is 3.62. The maximum atomic E-state index is 12.6. The number of carbonyl (C=O) groups excluding carboxylic acids is 1. The second-order valence-electron chi connectivity index (χ2n) is 7.61. The summed E-state index contributed by atoms with van der Waals surface area (Å²) in [6.45, 7) is 4.04. The summed E-state index contributed by atoms with van der Waals surface area (Å²) < 4.78 is 6.54. The van der Waals surface area contributed by atoms with Crippen molar-refractivity contribution in [2.75, 3.05) is 26.2 Å². The van der Waals surface area contributed by atoms with E-state index < -0.39 is 0 Å². The Morgan fingerprint density at radius 1 is 0.968 bits per heavy atom. The van der Waals surface area contributed by atoms with Gasteiger partial charge in [-0.25, -0.2) is 4.98 Å². The van der Waals surface area contributed by atoms with Crippen molar-refractivity contribution in [3.63, 3.8) is 0 Å². The molecule has 1 aliphatic heterocycles. The van der Waals surface area contributed by atoms with Gasteiger partial charge in [-0.2, -0.15) is 4.98 Å². The molecule has 3 heterocycles. The lowest BCUT2D eigenvalue weighted by molar-refractivity contribution is -0.133. The van der Waals surface area contributed by atoms with Gasteiger partial charge in [0.1, 0.15) is 5.01 Å². The fourth-order valence-electron chi connectivity index (χ4n) is 3.77. The van der Waals surface area contributed by atoms with Gasteiger partial charge in [-0.05, 0) is 12.1 Å². The molecule has 1 saturated heterocycles. The van der Waals surface area contributed by atoms with Crippen LogP contribution in [0.25, 0.3) is 21.6 Å². The number of hydrogen-bond acceptors (Lipinski definition) is 7. The molecule has 1 aliphatic rings. The molecular weight excluding hydrogens is 410 g/mol. The van der Waals surface area contributed by atoms with Crippen LogP contribution in [-0.4, -0.2) is 57.0 Å². The van der Waals surface area contributed by atoms with Crippen LogP contribution < -0.4 is 0 Å². The van der Waals surface area contributed by atoms with Crippen molar-refractivity contribution >= 4 is 27.5 Å². The quantitative estimate of drug-likeness (QED) is 0.462. The number of nitrogens with zero attached hydrogens (tertiary/aromatic N) is 5. The highest BCUT2D eigenvalue weighted by atomic mass is 32.1. The minimum absolute atomic E-state index is 0.138. The van der Waals surface area contributed by atoms with Gasteiger partial charge in [0.2, 0.25) is 17.6 Å². The molecule has 0 atom stereocenters. The summed E-state index contributed by atoms with van der Waals surface area (Å²) in [6.07, 6.45) is 0.846. The van der Waals surface area contributed by atoms with E-state index in [0.717, 1.165) is 48.8 Å². The molecule has 7 nitrogen and oxygen atoms in total. The number of aryl methyl sites for hydroxylation is 1. The molecule has 4 aromatic rings. The molecule has 0 saturated carbocycles. The van der Waals surface area contributed by atoms with Crippen LogP contribution in [0.5, 0.6) is 0 Å². The largest absolute Gasteiger partial charge is 0.340 e. The van der Waals surface area contributed by atoms with E-state index in [4.69, 9.17) is 9.51 Å². The summed E-state index contributed by atoms with van der Waals surface area (Å²) in [6, 6.07) is 17.9. The van der Waals surface area contributed by atoms with E-state index in [1.165, 1.54) is 4.70 Å². The SMILES string of the molecule is O=C(CCc1nc(-c2ccccc2)no1)N1CCN(Cc2nc3ccccc3s2)CC1. The number of benzene rings is 2. The molecule has 8 heteroatoms. The number of hydrogen-bond donors (Lipinski definition) is 0. The normalized spacial score (nSPS) is 14.9.